The number of amides is 1. The zero-order valence-electron chi connectivity index (χ0n) is 14.9. The first-order valence-corrected chi connectivity index (χ1v) is 9.06. The Morgan fingerprint density at radius 2 is 2.27 bits per heavy atom. The van der Waals surface area contributed by atoms with Gasteiger partial charge in [0.15, 0.2) is 0 Å². The van der Waals surface area contributed by atoms with E-state index in [0.717, 1.165) is 37.4 Å². The fraction of sp³-hybridized carbons (Fsp3) is 0.350. The number of nitrogens with one attached hydrogen (secondary N) is 2. The Labute approximate surface area is 152 Å². The number of nitrogens with zero attached hydrogens (tertiary/aromatic N) is 3. The van der Waals surface area contributed by atoms with Crippen molar-refractivity contribution in [2.24, 2.45) is 0 Å². The molecular formula is C20H23N5O. The van der Waals surface area contributed by atoms with Gasteiger partial charge in [-0.3, -0.25) is 9.69 Å². The van der Waals surface area contributed by atoms with Crippen molar-refractivity contribution in [3.05, 3.63) is 59.8 Å². The zero-order valence-corrected chi connectivity index (χ0v) is 14.9. The number of benzene rings is 1. The molecule has 1 aliphatic rings. The van der Waals surface area contributed by atoms with Crippen LogP contribution in [0.25, 0.3) is 10.9 Å². The average molecular weight is 349 g/mol. The Kier molecular flexibility index (Phi) is 4.67. The van der Waals surface area contributed by atoms with E-state index >= 15 is 0 Å². The first-order chi connectivity index (χ1) is 12.7. The van der Waals surface area contributed by atoms with Crippen molar-refractivity contribution in [3.63, 3.8) is 0 Å². The zero-order chi connectivity index (χ0) is 17.9. The summed E-state index contributed by atoms with van der Waals surface area (Å²) in [6.07, 6.45) is 5.99. The lowest BCUT2D eigenvalue weighted by atomic mass is 10.1. The molecule has 134 valence electrons. The summed E-state index contributed by atoms with van der Waals surface area (Å²) in [6, 6.07) is 10.6. The summed E-state index contributed by atoms with van der Waals surface area (Å²) in [5.41, 5.74) is 3.35. The second-order valence-electron chi connectivity index (χ2n) is 6.80. The molecule has 1 fully saturated rings. The number of likely N-dealkylation sites (tertiary alicyclic amines) is 1. The topological polar surface area (TPSA) is 73.9 Å². The summed E-state index contributed by atoms with van der Waals surface area (Å²) in [5, 5.41) is 4.08. The van der Waals surface area contributed by atoms with Gasteiger partial charge in [-0.2, -0.15) is 0 Å². The minimum Gasteiger partial charge on any atom is -0.361 e. The molecule has 2 N–H and O–H groups in total. The third-order valence-electron chi connectivity index (χ3n) is 4.97. The van der Waals surface area contributed by atoms with Gasteiger partial charge in [0.1, 0.15) is 5.82 Å². The summed E-state index contributed by atoms with van der Waals surface area (Å²) in [5.74, 6) is 0.804. The van der Waals surface area contributed by atoms with Crippen LogP contribution in [0.4, 0.5) is 0 Å². The van der Waals surface area contributed by atoms with Crippen LogP contribution in [0.5, 0.6) is 0 Å². The number of aromatic nitrogens is 3. The highest BCUT2D eigenvalue weighted by atomic mass is 16.1. The van der Waals surface area contributed by atoms with Crippen LogP contribution < -0.4 is 5.32 Å². The van der Waals surface area contributed by atoms with Crippen LogP contribution in [0.15, 0.2) is 42.7 Å². The average Bonchev–Trinajstić information content (AvgIpc) is 3.30. The highest BCUT2D eigenvalue weighted by molar-refractivity contribution is 5.82. The van der Waals surface area contributed by atoms with E-state index in [1.165, 1.54) is 23.4 Å². The van der Waals surface area contributed by atoms with E-state index in [-0.39, 0.29) is 11.9 Å². The Balaban J connectivity index is 1.54. The number of rotatable bonds is 5. The van der Waals surface area contributed by atoms with E-state index < -0.39 is 0 Å². The standard InChI is InChI=1S/C20H23N5O/c1-14(26)23-12-16-7-9-22-20(24-16)19-6-3-11-25(19)13-15-4-2-5-18-17(15)8-10-21-18/h2,4-5,7-10,19,21H,3,6,11-13H2,1H3,(H,23,26). The fourth-order valence-corrected chi connectivity index (χ4v) is 3.70. The minimum absolute atomic E-state index is 0.0488. The lowest BCUT2D eigenvalue weighted by Gasteiger charge is -2.24. The molecule has 6 heteroatoms. The van der Waals surface area contributed by atoms with Gasteiger partial charge >= 0.3 is 0 Å². The van der Waals surface area contributed by atoms with Gasteiger partial charge in [-0.25, -0.2) is 9.97 Å². The van der Waals surface area contributed by atoms with E-state index in [9.17, 15) is 4.79 Å². The van der Waals surface area contributed by atoms with Gasteiger partial charge < -0.3 is 10.3 Å². The van der Waals surface area contributed by atoms with Crippen molar-refractivity contribution in [1.82, 2.24) is 25.2 Å². The van der Waals surface area contributed by atoms with Crippen LogP contribution in [0.3, 0.4) is 0 Å². The van der Waals surface area contributed by atoms with Crippen LogP contribution in [0, 0.1) is 0 Å². The molecule has 2 aromatic heterocycles. The number of hydrogen-bond donors (Lipinski definition) is 2. The number of H-pyrrole nitrogens is 1. The predicted molar refractivity (Wildman–Crippen MR) is 100 cm³/mol. The third kappa shape index (κ3) is 3.46. The van der Waals surface area contributed by atoms with Crippen LogP contribution in [-0.4, -0.2) is 32.3 Å². The number of fused-ring (bicyclic) bond motifs is 1. The normalized spacial score (nSPS) is 17.7. The molecule has 1 saturated heterocycles. The minimum atomic E-state index is -0.0488. The summed E-state index contributed by atoms with van der Waals surface area (Å²) in [4.78, 5) is 26.1. The van der Waals surface area contributed by atoms with E-state index in [1.807, 2.05) is 12.3 Å². The first kappa shape index (κ1) is 16.7. The number of aromatic amines is 1. The highest BCUT2D eigenvalue weighted by Gasteiger charge is 2.28. The molecule has 0 bridgehead atoms. The molecule has 0 radical (unpaired) electrons. The van der Waals surface area contributed by atoms with Gasteiger partial charge in [-0.15, -0.1) is 0 Å². The Hall–Kier alpha value is -2.73. The third-order valence-corrected chi connectivity index (χ3v) is 4.97. The summed E-state index contributed by atoms with van der Waals surface area (Å²) in [6.45, 7) is 3.90. The largest absolute Gasteiger partial charge is 0.361 e. The molecule has 3 heterocycles. The Morgan fingerprint density at radius 1 is 1.35 bits per heavy atom. The first-order valence-electron chi connectivity index (χ1n) is 9.06. The van der Waals surface area contributed by atoms with Crippen molar-refractivity contribution in [2.75, 3.05) is 6.54 Å². The summed E-state index contributed by atoms with van der Waals surface area (Å²) < 4.78 is 0. The predicted octanol–water partition coefficient (Wildman–Crippen LogP) is 2.93. The second-order valence-corrected chi connectivity index (χ2v) is 6.80. The van der Waals surface area contributed by atoms with Gasteiger partial charge in [-0.1, -0.05) is 12.1 Å². The molecule has 1 unspecified atom stereocenters. The van der Waals surface area contributed by atoms with Gasteiger partial charge in [0.05, 0.1) is 18.3 Å². The highest BCUT2D eigenvalue weighted by Crippen LogP contribution is 2.32. The molecule has 1 atom stereocenters. The Bertz CT molecular complexity index is 919. The van der Waals surface area contributed by atoms with Gasteiger partial charge in [0.25, 0.3) is 0 Å². The Morgan fingerprint density at radius 3 is 3.15 bits per heavy atom. The van der Waals surface area contributed by atoms with Crippen LogP contribution >= 0.6 is 0 Å². The molecule has 4 rings (SSSR count). The monoisotopic (exact) mass is 349 g/mol. The molecule has 0 spiro atoms. The molecule has 1 aliphatic heterocycles. The van der Waals surface area contributed by atoms with Gasteiger partial charge in [-0.05, 0) is 43.1 Å². The molecule has 3 aromatic rings. The van der Waals surface area contributed by atoms with E-state index in [1.54, 1.807) is 6.20 Å². The maximum Gasteiger partial charge on any atom is 0.217 e. The van der Waals surface area contributed by atoms with Crippen LogP contribution in [-0.2, 0) is 17.9 Å². The van der Waals surface area contributed by atoms with E-state index in [0.29, 0.717) is 6.54 Å². The fourth-order valence-electron chi connectivity index (χ4n) is 3.70. The molecule has 0 saturated carbocycles. The van der Waals surface area contributed by atoms with Crippen LogP contribution in [0.2, 0.25) is 0 Å². The maximum atomic E-state index is 11.1. The molecule has 26 heavy (non-hydrogen) atoms. The lowest BCUT2D eigenvalue weighted by Crippen LogP contribution is -2.25. The summed E-state index contributed by atoms with van der Waals surface area (Å²) in [7, 11) is 0. The van der Waals surface area contributed by atoms with Gasteiger partial charge in [0.2, 0.25) is 5.91 Å². The van der Waals surface area contributed by atoms with Crippen molar-refractivity contribution in [2.45, 2.75) is 38.9 Å². The lowest BCUT2D eigenvalue weighted by molar-refractivity contribution is -0.119. The molecule has 6 nitrogen and oxygen atoms in total. The SMILES string of the molecule is CC(=O)NCc1ccnc(C2CCCN2Cc2cccc3[nH]ccc23)n1. The van der Waals surface area contributed by atoms with Crippen molar-refractivity contribution in [3.8, 4) is 0 Å². The molecule has 1 amide bonds. The van der Waals surface area contributed by atoms with Gasteiger partial charge in [0, 0.05) is 36.8 Å². The maximum absolute atomic E-state index is 11.1. The molecular weight excluding hydrogens is 326 g/mol. The number of carbonyl (C=O) groups excluding carboxylic acids is 1. The quantitative estimate of drug-likeness (QED) is 0.743. The van der Waals surface area contributed by atoms with E-state index in [2.05, 4.69) is 44.5 Å². The number of hydrogen-bond acceptors (Lipinski definition) is 4. The van der Waals surface area contributed by atoms with Crippen LogP contribution in [0.1, 0.15) is 42.9 Å². The van der Waals surface area contributed by atoms with Crippen molar-refractivity contribution >= 4 is 16.8 Å². The molecule has 0 aliphatic carbocycles. The summed E-state index contributed by atoms with van der Waals surface area (Å²) >= 11 is 0. The smallest absolute Gasteiger partial charge is 0.217 e. The van der Waals surface area contributed by atoms with Crippen molar-refractivity contribution < 1.29 is 4.79 Å². The molecule has 1 aromatic carbocycles. The van der Waals surface area contributed by atoms with Crippen molar-refractivity contribution in [1.29, 1.82) is 0 Å². The van der Waals surface area contributed by atoms with E-state index in [4.69, 9.17) is 4.98 Å². The number of carbonyl (C=O) groups is 1. The second kappa shape index (κ2) is 7.25.